The summed E-state index contributed by atoms with van der Waals surface area (Å²) >= 11 is 6.36. The third-order valence-corrected chi connectivity index (χ3v) is 4.27. The lowest BCUT2D eigenvalue weighted by molar-refractivity contribution is 0.291. The van der Waals surface area contributed by atoms with E-state index in [1.165, 1.54) is 16.7 Å². The molecule has 0 radical (unpaired) electrons. The first-order chi connectivity index (χ1) is 10.7. The van der Waals surface area contributed by atoms with Crippen molar-refractivity contribution in [1.82, 2.24) is 5.32 Å². The van der Waals surface area contributed by atoms with E-state index in [1.54, 1.807) is 0 Å². The molecular weight excluding hydrogens is 294 g/mol. The average Bonchev–Trinajstić information content (AvgIpc) is 2.54. The highest BCUT2D eigenvalue weighted by Gasteiger charge is 2.14. The highest BCUT2D eigenvalue weighted by molar-refractivity contribution is 6.31. The van der Waals surface area contributed by atoms with Crippen LogP contribution in [-0.2, 0) is 6.42 Å². The SMILES string of the molecule is Cc1ccc(Cl)c(C[C@H](CCNCCO)c2ccccc2)c1. The second kappa shape index (κ2) is 8.94. The molecule has 0 spiro atoms. The molecule has 0 bridgehead atoms. The summed E-state index contributed by atoms with van der Waals surface area (Å²) in [6.45, 7) is 3.82. The molecule has 118 valence electrons. The summed E-state index contributed by atoms with van der Waals surface area (Å²) in [6.07, 6.45) is 1.96. The van der Waals surface area contributed by atoms with Gasteiger partial charge in [-0.2, -0.15) is 0 Å². The van der Waals surface area contributed by atoms with Crippen molar-refractivity contribution in [2.45, 2.75) is 25.7 Å². The van der Waals surface area contributed by atoms with Crippen molar-refractivity contribution in [3.63, 3.8) is 0 Å². The van der Waals surface area contributed by atoms with Crippen LogP contribution in [0.4, 0.5) is 0 Å². The molecule has 0 aromatic heterocycles. The number of aliphatic hydroxyl groups is 1. The van der Waals surface area contributed by atoms with E-state index in [2.05, 4.69) is 42.6 Å². The molecule has 0 amide bonds. The third-order valence-electron chi connectivity index (χ3n) is 3.90. The minimum Gasteiger partial charge on any atom is -0.395 e. The van der Waals surface area contributed by atoms with E-state index >= 15 is 0 Å². The van der Waals surface area contributed by atoms with Gasteiger partial charge in [0.15, 0.2) is 0 Å². The number of halogens is 1. The van der Waals surface area contributed by atoms with Gasteiger partial charge in [-0.05, 0) is 49.4 Å². The minimum absolute atomic E-state index is 0.180. The summed E-state index contributed by atoms with van der Waals surface area (Å²) in [5.74, 6) is 0.423. The van der Waals surface area contributed by atoms with Crippen LogP contribution in [0.25, 0.3) is 0 Å². The first-order valence-corrected chi connectivity index (χ1v) is 8.20. The van der Waals surface area contributed by atoms with Crippen LogP contribution in [0.1, 0.15) is 29.0 Å². The second-order valence-electron chi connectivity index (χ2n) is 5.67. The summed E-state index contributed by atoms with van der Waals surface area (Å²) < 4.78 is 0. The van der Waals surface area contributed by atoms with Crippen LogP contribution in [0.15, 0.2) is 48.5 Å². The Labute approximate surface area is 138 Å². The summed E-state index contributed by atoms with van der Waals surface area (Å²) in [7, 11) is 0. The summed E-state index contributed by atoms with van der Waals surface area (Å²) in [6, 6.07) is 16.8. The zero-order valence-electron chi connectivity index (χ0n) is 13.1. The Morgan fingerprint density at radius 1 is 1.09 bits per heavy atom. The van der Waals surface area contributed by atoms with Gasteiger partial charge >= 0.3 is 0 Å². The van der Waals surface area contributed by atoms with Gasteiger partial charge in [-0.25, -0.2) is 0 Å². The predicted octanol–water partition coefficient (Wildman–Crippen LogP) is 3.95. The fraction of sp³-hybridized carbons (Fsp3) is 0.368. The van der Waals surface area contributed by atoms with E-state index in [0.29, 0.717) is 12.5 Å². The van der Waals surface area contributed by atoms with Gasteiger partial charge < -0.3 is 10.4 Å². The Balaban J connectivity index is 2.11. The van der Waals surface area contributed by atoms with Crippen LogP contribution in [-0.4, -0.2) is 24.8 Å². The number of hydrogen-bond donors (Lipinski definition) is 2. The number of hydrogen-bond acceptors (Lipinski definition) is 2. The number of benzene rings is 2. The monoisotopic (exact) mass is 317 g/mol. The molecule has 0 aliphatic carbocycles. The van der Waals surface area contributed by atoms with E-state index in [9.17, 15) is 0 Å². The van der Waals surface area contributed by atoms with Gasteiger partial charge in [0.1, 0.15) is 0 Å². The van der Waals surface area contributed by atoms with E-state index in [-0.39, 0.29) is 6.61 Å². The van der Waals surface area contributed by atoms with Gasteiger partial charge in [0, 0.05) is 11.6 Å². The maximum atomic E-state index is 8.87. The van der Waals surface area contributed by atoms with Crippen LogP contribution in [0, 0.1) is 6.92 Å². The smallest absolute Gasteiger partial charge is 0.0555 e. The van der Waals surface area contributed by atoms with Crippen LogP contribution >= 0.6 is 11.6 Å². The maximum Gasteiger partial charge on any atom is 0.0555 e. The molecule has 0 fully saturated rings. The van der Waals surface area contributed by atoms with Gasteiger partial charge in [-0.1, -0.05) is 59.6 Å². The molecule has 0 saturated carbocycles. The quantitative estimate of drug-likeness (QED) is 0.723. The zero-order valence-corrected chi connectivity index (χ0v) is 13.8. The number of nitrogens with one attached hydrogen (secondary N) is 1. The summed E-state index contributed by atoms with van der Waals surface area (Å²) in [5.41, 5.74) is 3.79. The van der Waals surface area contributed by atoms with Gasteiger partial charge in [-0.3, -0.25) is 0 Å². The van der Waals surface area contributed by atoms with Crippen LogP contribution < -0.4 is 5.32 Å². The first kappa shape index (κ1) is 17.0. The Bertz CT molecular complexity index is 571. The highest BCUT2D eigenvalue weighted by Crippen LogP contribution is 2.28. The summed E-state index contributed by atoms with van der Waals surface area (Å²) in [5, 5.41) is 13.0. The van der Waals surface area contributed by atoms with Gasteiger partial charge in [-0.15, -0.1) is 0 Å². The number of rotatable bonds is 8. The fourth-order valence-electron chi connectivity index (χ4n) is 2.72. The molecule has 2 N–H and O–H groups in total. The molecule has 2 rings (SSSR count). The lowest BCUT2D eigenvalue weighted by Gasteiger charge is -2.19. The second-order valence-corrected chi connectivity index (χ2v) is 6.08. The molecule has 2 aromatic carbocycles. The standard InChI is InChI=1S/C19H24ClNO/c1-15-7-8-19(20)18(13-15)14-17(9-10-21-11-12-22)16-5-3-2-4-6-16/h2-8,13,17,21-22H,9-12,14H2,1H3/t17-/m0/s1. The largest absolute Gasteiger partial charge is 0.395 e. The maximum absolute atomic E-state index is 8.87. The van der Waals surface area contributed by atoms with Gasteiger partial charge in [0.05, 0.1) is 6.61 Å². The zero-order chi connectivity index (χ0) is 15.8. The fourth-order valence-corrected chi connectivity index (χ4v) is 2.91. The highest BCUT2D eigenvalue weighted by atomic mass is 35.5. The molecule has 0 saturated heterocycles. The van der Waals surface area contributed by atoms with E-state index < -0.39 is 0 Å². The van der Waals surface area contributed by atoms with Crippen LogP contribution in [0.2, 0.25) is 5.02 Å². The van der Waals surface area contributed by atoms with E-state index in [4.69, 9.17) is 16.7 Å². The predicted molar refractivity (Wildman–Crippen MR) is 93.6 cm³/mol. The van der Waals surface area contributed by atoms with Crippen LogP contribution in [0.3, 0.4) is 0 Å². The van der Waals surface area contributed by atoms with Gasteiger partial charge in [0.2, 0.25) is 0 Å². The Hall–Kier alpha value is -1.35. The van der Waals surface area contributed by atoms with Crippen molar-refractivity contribution < 1.29 is 5.11 Å². The third kappa shape index (κ3) is 5.13. The minimum atomic E-state index is 0.180. The van der Waals surface area contributed by atoms with E-state index in [1.807, 2.05) is 18.2 Å². The van der Waals surface area contributed by atoms with Crippen molar-refractivity contribution in [2.24, 2.45) is 0 Å². The van der Waals surface area contributed by atoms with Crippen molar-refractivity contribution in [1.29, 1.82) is 0 Å². The van der Waals surface area contributed by atoms with Crippen LogP contribution in [0.5, 0.6) is 0 Å². The Morgan fingerprint density at radius 2 is 1.86 bits per heavy atom. The van der Waals surface area contributed by atoms with Crippen molar-refractivity contribution in [2.75, 3.05) is 19.7 Å². The molecule has 0 aliphatic rings. The van der Waals surface area contributed by atoms with Crippen molar-refractivity contribution in [3.05, 3.63) is 70.2 Å². The molecule has 0 heterocycles. The molecule has 0 unspecified atom stereocenters. The molecule has 22 heavy (non-hydrogen) atoms. The normalized spacial score (nSPS) is 12.3. The van der Waals surface area contributed by atoms with Gasteiger partial charge in [0.25, 0.3) is 0 Å². The Kier molecular flexibility index (Phi) is 6.91. The molecule has 2 aromatic rings. The average molecular weight is 318 g/mol. The van der Waals surface area contributed by atoms with Crippen molar-refractivity contribution in [3.8, 4) is 0 Å². The number of aryl methyl sites for hydroxylation is 1. The molecule has 1 atom stereocenters. The lowest BCUT2D eigenvalue weighted by atomic mass is 9.89. The molecule has 2 nitrogen and oxygen atoms in total. The lowest BCUT2D eigenvalue weighted by Crippen LogP contribution is -2.21. The molecule has 0 aliphatic heterocycles. The topological polar surface area (TPSA) is 32.3 Å². The van der Waals surface area contributed by atoms with E-state index in [0.717, 1.165) is 24.4 Å². The molecule has 3 heteroatoms. The number of aliphatic hydroxyl groups excluding tert-OH is 1. The molecular formula is C19H24ClNO. The Morgan fingerprint density at radius 3 is 2.59 bits per heavy atom. The summed E-state index contributed by atoms with van der Waals surface area (Å²) in [4.78, 5) is 0. The van der Waals surface area contributed by atoms with Crippen molar-refractivity contribution >= 4 is 11.6 Å². The first-order valence-electron chi connectivity index (χ1n) is 7.82.